The lowest BCUT2D eigenvalue weighted by Gasteiger charge is -2.23. The predicted octanol–water partition coefficient (Wildman–Crippen LogP) is 4.12. The molecule has 1 aliphatic heterocycles. The van der Waals surface area contributed by atoms with Crippen LogP contribution >= 0.6 is 0 Å². The molecule has 0 aromatic heterocycles. The van der Waals surface area contributed by atoms with E-state index in [1.54, 1.807) is 24.0 Å². The first-order valence-corrected chi connectivity index (χ1v) is 7.33. The van der Waals surface area contributed by atoms with E-state index in [2.05, 4.69) is 6.07 Å². The lowest BCUT2D eigenvalue weighted by molar-refractivity contribution is 0.0986. The second-order valence-electron chi connectivity index (χ2n) is 5.51. The van der Waals surface area contributed by atoms with Crippen LogP contribution in [-0.4, -0.2) is 12.5 Å². The van der Waals surface area contributed by atoms with Gasteiger partial charge in [-0.15, -0.1) is 0 Å². The smallest absolute Gasteiger partial charge is 0.258 e. The number of nitrogens with zero attached hydrogens (tertiary/aromatic N) is 1. The molecule has 108 valence electrons. The van der Waals surface area contributed by atoms with E-state index in [1.165, 1.54) is 11.6 Å². The Bertz CT molecular complexity index is 681. The molecular formula is C18H18FNO. The van der Waals surface area contributed by atoms with E-state index in [9.17, 15) is 9.18 Å². The number of para-hydroxylation sites is 1. The van der Waals surface area contributed by atoms with Crippen molar-refractivity contribution in [2.45, 2.75) is 26.2 Å². The first kappa shape index (κ1) is 13.8. The summed E-state index contributed by atoms with van der Waals surface area (Å²) < 4.78 is 13.7. The van der Waals surface area contributed by atoms with Gasteiger partial charge < -0.3 is 4.90 Å². The molecular weight excluding hydrogens is 265 g/mol. The summed E-state index contributed by atoms with van der Waals surface area (Å²) in [6, 6.07) is 12.7. The van der Waals surface area contributed by atoms with Crippen molar-refractivity contribution in [1.82, 2.24) is 0 Å². The SMILES string of the molecule is Cc1ccc(C(=O)N2CCCCc3ccccc32)cc1F. The molecule has 2 aromatic carbocycles. The maximum Gasteiger partial charge on any atom is 0.258 e. The third-order valence-corrected chi connectivity index (χ3v) is 4.02. The highest BCUT2D eigenvalue weighted by Crippen LogP contribution is 2.27. The molecule has 1 heterocycles. The third kappa shape index (κ3) is 2.68. The Morgan fingerprint density at radius 3 is 2.76 bits per heavy atom. The highest BCUT2D eigenvalue weighted by molar-refractivity contribution is 6.06. The Morgan fingerprint density at radius 2 is 1.95 bits per heavy atom. The number of hydrogen-bond donors (Lipinski definition) is 0. The molecule has 0 radical (unpaired) electrons. The molecule has 0 saturated heterocycles. The zero-order chi connectivity index (χ0) is 14.8. The first-order chi connectivity index (χ1) is 10.2. The highest BCUT2D eigenvalue weighted by Gasteiger charge is 2.22. The van der Waals surface area contributed by atoms with E-state index in [4.69, 9.17) is 0 Å². The van der Waals surface area contributed by atoms with E-state index >= 15 is 0 Å². The molecule has 0 unspecified atom stereocenters. The summed E-state index contributed by atoms with van der Waals surface area (Å²) in [6.07, 6.45) is 3.03. The molecule has 2 nitrogen and oxygen atoms in total. The number of hydrogen-bond acceptors (Lipinski definition) is 1. The summed E-state index contributed by atoms with van der Waals surface area (Å²) in [7, 11) is 0. The predicted molar refractivity (Wildman–Crippen MR) is 82.2 cm³/mol. The monoisotopic (exact) mass is 283 g/mol. The Labute approximate surface area is 124 Å². The largest absolute Gasteiger partial charge is 0.308 e. The van der Waals surface area contributed by atoms with Crippen LogP contribution in [0.4, 0.5) is 10.1 Å². The van der Waals surface area contributed by atoms with Crippen molar-refractivity contribution in [2.75, 3.05) is 11.4 Å². The van der Waals surface area contributed by atoms with Gasteiger partial charge in [-0.1, -0.05) is 24.3 Å². The number of rotatable bonds is 1. The molecule has 1 amide bonds. The topological polar surface area (TPSA) is 20.3 Å². The second-order valence-corrected chi connectivity index (χ2v) is 5.51. The van der Waals surface area contributed by atoms with Gasteiger partial charge in [0.05, 0.1) is 0 Å². The minimum Gasteiger partial charge on any atom is -0.308 e. The van der Waals surface area contributed by atoms with Gasteiger partial charge in [-0.25, -0.2) is 4.39 Å². The van der Waals surface area contributed by atoms with E-state index in [0.717, 1.165) is 24.9 Å². The van der Waals surface area contributed by atoms with Gasteiger partial charge >= 0.3 is 0 Å². The zero-order valence-corrected chi connectivity index (χ0v) is 12.1. The molecule has 21 heavy (non-hydrogen) atoms. The molecule has 0 bridgehead atoms. The molecule has 0 aliphatic carbocycles. The van der Waals surface area contributed by atoms with Crippen LogP contribution in [0.2, 0.25) is 0 Å². The molecule has 1 aliphatic rings. The Morgan fingerprint density at radius 1 is 1.14 bits per heavy atom. The van der Waals surface area contributed by atoms with Gasteiger partial charge in [-0.2, -0.15) is 0 Å². The van der Waals surface area contributed by atoms with Gasteiger partial charge in [-0.3, -0.25) is 4.79 Å². The minimum absolute atomic E-state index is 0.122. The van der Waals surface area contributed by atoms with Gasteiger partial charge in [0, 0.05) is 17.8 Å². The molecule has 0 spiro atoms. The van der Waals surface area contributed by atoms with Gasteiger partial charge in [0.2, 0.25) is 0 Å². The van der Waals surface area contributed by atoms with E-state index in [-0.39, 0.29) is 11.7 Å². The summed E-state index contributed by atoms with van der Waals surface area (Å²) in [4.78, 5) is 14.5. The summed E-state index contributed by atoms with van der Waals surface area (Å²) in [5, 5.41) is 0. The van der Waals surface area contributed by atoms with Gasteiger partial charge in [0.1, 0.15) is 5.82 Å². The molecule has 0 N–H and O–H groups in total. The van der Waals surface area contributed by atoms with Gasteiger partial charge in [0.25, 0.3) is 5.91 Å². The molecule has 0 atom stereocenters. The average Bonchev–Trinajstić information content (AvgIpc) is 2.71. The molecule has 0 fully saturated rings. The average molecular weight is 283 g/mol. The van der Waals surface area contributed by atoms with Gasteiger partial charge in [0.15, 0.2) is 0 Å². The number of carbonyl (C=O) groups excluding carboxylic acids is 1. The summed E-state index contributed by atoms with van der Waals surface area (Å²) in [6.45, 7) is 2.39. The quantitative estimate of drug-likeness (QED) is 0.771. The van der Waals surface area contributed by atoms with Crippen LogP contribution in [0.15, 0.2) is 42.5 Å². The van der Waals surface area contributed by atoms with Crippen molar-refractivity contribution >= 4 is 11.6 Å². The normalized spacial score (nSPS) is 14.5. The lowest BCUT2D eigenvalue weighted by atomic mass is 10.1. The Balaban J connectivity index is 1.99. The lowest BCUT2D eigenvalue weighted by Crippen LogP contribution is -2.31. The summed E-state index contributed by atoms with van der Waals surface area (Å²) in [5.41, 5.74) is 3.12. The molecule has 3 heteroatoms. The first-order valence-electron chi connectivity index (χ1n) is 7.33. The molecule has 3 rings (SSSR count). The summed E-state index contributed by atoms with van der Waals surface area (Å²) >= 11 is 0. The standard InChI is InChI=1S/C18H18FNO/c1-13-9-10-15(12-16(13)19)18(21)20-11-5-4-7-14-6-2-3-8-17(14)20/h2-3,6,8-10,12H,4-5,7,11H2,1H3. The number of fused-ring (bicyclic) bond motifs is 1. The van der Waals surface area contributed by atoms with Crippen molar-refractivity contribution < 1.29 is 9.18 Å². The van der Waals surface area contributed by atoms with E-state index in [1.807, 2.05) is 18.2 Å². The van der Waals surface area contributed by atoms with Crippen molar-refractivity contribution in [3.63, 3.8) is 0 Å². The third-order valence-electron chi connectivity index (χ3n) is 4.02. The fourth-order valence-electron chi connectivity index (χ4n) is 2.78. The van der Waals surface area contributed by atoms with Crippen LogP contribution < -0.4 is 4.90 Å². The van der Waals surface area contributed by atoms with Crippen LogP contribution in [0.3, 0.4) is 0 Å². The fourth-order valence-corrected chi connectivity index (χ4v) is 2.78. The second kappa shape index (κ2) is 5.68. The fraction of sp³-hybridized carbons (Fsp3) is 0.278. The number of halogens is 1. The van der Waals surface area contributed by atoms with Crippen molar-refractivity contribution in [1.29, 1.82) is 0 Å². The Kier molecular flexibility index (Phi) is 3.74. The van der Waals surface area contributed by atoms with Crippen LogP contribution in [0.25, 0.3) is 0 Å². The zero-order valence-electron chi connectivity index (χ0n) is 12.1. The highest BCUT2D eigenvalue weighted by atomic mass is 19.1. The Hall–Kier alpha value is -2.16. The number of benzene rings is 2. The minimum atomic E-state index is -0.330. The maximum absolute atomic E-state index is 13.7. The van der Waals surface area contributed by atoms with Crippen molar-refractivity contribution in [2.24, 2.45) is 0 Å². The maximum atomic E-state index is 13.7. The van der Waals surface area contributed by atoms with Crippen LogP contribution in [0.5, 0.6) is 0 Å². The molecule has 2 aromatic rings. The van der Waals surface area contributed by atoms with Crippen molar-refractivity contribution in [3.05, 3.63) is 65.0 Å². The number of carbonyl (C=O) groups is 1. The number of amides is 1. The van der Waals surface area contributed by atoms with E-state index in [0.29, 0.717) is 17.7 Å². The summed E-state index contributed by atoms with van der Waals surface area (Å²) in [5.74, 6) is -0.452. The van der Waals surface area contributed by atoms with Crippen LogP contribution in [-0.2, 0) is 6.42 Å². The van der Waals surface area contributed by atoms with Gasteiger partial charge in [-0.05, 0) is 55.5 Å². The van der Waals surface area contributed by atoms with Crippen molar-refractivity contribution in [3.8, 4) is 0 Å². The number of aryl methyl sites for hydroxylation is 2. The van der Waals surface area contributed by atoms with E-state index < -0.39 is 0 Å². The number of anilines is 1. The molecule has 0 saturated carbocycles. The van der Waals surface area contributed by atoms with Crippen LogP contribution in [0.1, 0.15) is 34.3 Å². The van der Waals surface area contributed by atoms with Crippen LogP contribution in [0, 0.1) is 12.7 Å².